The van der Waals surface area contributed by atoms with E-state index in [1.54, 1.807) is 0 Å². The van der Waals surface area contributed by atoms with Crippen molar-refractivity contribution in [2.45, 2.75) is 13.5 Å². The van der Waals surface area contributed by atoms with Crippen molar-refractivity contribution in [3.05, 3.63) is 56.3 Å². The van der Waals surface area contributed by atoms with Crippen LogP contribution < -0.4 is 5.43 Å². The molecule has 0 aliphatic carbocycles. The molecule has 90 valence electrons. The number of para-hydroxylation sites is 1. The van der Waals surface area contributed by atoms with Crippen LogP contribution in [0.3, 0.4) is 0 Å². The molecule has 0 atom stereocenters. The Morgan fingerprint density at radius 3 is 2.56 bits per heavy atom. The van der Waals surface area contributed by atoms with Crippen LogP contribution in [-0.2, 0) is 6.54 Å². The van der Waals surface area contributed by atoms with E-state index in [1.165, 1.54) is 0 Å². The van der Waals surface area contributed by atoms with Gasteiger partial charge in [0.2, 0.25) is 0 Å². The van der Waals surface area contributed by atoms with Gasteiger partial charge in [0.05, 0.1) is 11.0 Å². The van der Waals surface area contributed by atoms with E-state index in [-0.39, 0.29) is 5.43 Å². The molecule has 2 aromatic carbocycles. The van der Waals surface area contributed by atoms with Gasteiger partial charge in [-0.3, -0.25) is 4.79 Å². The Morgan fingerprint density at radius 2 is 1.78 bits per heavy atom. The smallest absolute Gasteiger partial charge is 0.197 e. The van der Waals surface area contributed by atoms with Crippen LogP contribution in [0.1, 0.15) is 6.92 Å². The van der Waals surface area contributed by atoms with E-state index < -0.39 is 0 Å². The standard InChI is InChI=1S/C15H12INO/c1-2-17-13-6-4-3-5-11(13)15(18)12-9-10(16)7-8-14(12)17/h3-9H,2H2,1H3. The maximum atomic E-state index is 12.5. The largest absolute Gasteiger partial charge is 0.341 e. The highest BCUT2D eigenvalue weighted by Crippen LogP contribution is 2.20. The molecule has 0 aliphatic rings. The predicted octanol–water partition coefficient (Wildman–Crippen LogP) is 3.78. The Hall–Kier alpha value is -1.36. The molecule has 3 heteroatoms. The van der Waals surface area contributed by atoms with Crippen LogP contribution in [0.2, 0.25) is 0 Å². The van der Waals surface area contributed by atoms with Gasteiger partial charge in [0.1, 0.15) is 0 Å². The number of aromatic nitrogens is 1. The van der Waals surface area contributed by atoms with Gasteiger partial charge in [-0.2, -0.15) is 0 Å². The Morgan fingerprint density at radius 1 is 1.06 bits per heavy atom. The molecular weight excluding hydrogens is 337 g/mol. The van der Waals surface area contributed by atoms with Crippen LogP contribution in [0.15, 0.2) is 47.3 Å². The number of benzene rings is 2. The Kier molecular flexibility index (Phi) is 2.86. The minimum absolute atomic E-state index is 0.129. The average molecular weight is 349 g/mol. The van der Waals surface area contributed by atoms with Gasteiger partial charge in [0.25, 0.3) is 0 Å². The lowest BCUT2D eigenvalue weighted by Crippen LogP contribution is -2.10. The van der Waals surface area contributed by atoms with Gasteiger partial charge >= 0.3 is 0 Å². The highest BCUT2D eigenvalue weighted by molar-refractivity contribution is 14.1. The van der Waals surface area contributed by atoms with Crippen molar-refractivity contribution in [2.24, 2.45) is 0 Å². The van der Waals surface area contributed by atoms with Gasteiger partial charge in [0.15, 0.2) is 5.43 Å². The van der Waals surface area contributed by atoms with Crippen molar-refractivity contribution in [3.8, 4) is 0 Å². The quantitative estimate of drug-likeness (QED) is 0.484. The van der Waals surface area contributed by atoms with E-state index in [9.17, 15) is 4.79 Å². The molecule has 1 heterocycles. The Balaban J connectivity index is 2.66. The van der Waals surface area contributed by atoms with E-state index in [0.717, 1.165) is 31.9 Å². The SMILES string of the molecule is CCn1c2ccccc2c(=O)c2cc(I)ccc21. The molecule has 3 aromatic rings. The molecule has 18 heavy (non-hydrogen) atoms. The highest BCUT2D eigenvalue weighted by atomic mass is 127. The lowest BCUT2D eigenvalue weighted by atomic mass is 10.1. The molecular formula is C15H12INO. The first-order valence-corrected chi connectivity index (χ1v) is 7.01. The number of nitrogens with zero attached hydrogens (tertiary/aromatic N) is 1. The average Bonchev–Trinajstić information content (AvgIpc) is 2.40. The van der Waals surface area contributed by atoms with E-state index >= 15 is 0 Å². The van der Waals surface area contributed by atoms with E-state index in [2.05, 4.69) is 34.1 Å². The van der Waals surface area contributed by atoms with Gasteiger partial charge in [-0.25, -0.2) is 0 Å². The number of pyridine rings is 1. The molecule has 0 saturated heterocycles. The predicted molar refractivity (Wildman–Crippen MR) is 84.1 cm³/mol. The van der Waals surface area contributed by atoms with Gasteiger partial charge in [-0.05, 0) is 59.8 Å². The van der Waals surface area contributed by atoms with Crippen molar-refractivity contribution in [3.63, 3.8) is 0 Å². The minimum atomic E-state index is 0.129. The molecule has 0 radical (unpaired) electrons. The zero-order valence-electron chi connectivity index (χ0n) is 9.98. The molecule has 3 rings (SSSR count). The number of aryl methyl sites for hydroxylation is 1. The summed E-state index contributed by atoms with van der Waals surface area (Å²) < 4.78 is 3.29. The topological polar surface area (TPSA) is 22.0 Å². The van der Waals surface area contributed by atoms with Crippen LogP contribution in [0.5, 0.6) is 0 Å². The second-order valence-electron chi connectivity index (χ2n) is 4.25. The summed E-state index contributed by atoms with van der Waals surface area (Å²) in [5.41, 5.74) is 2.16. The first-order valence-electron chi connectivity index (χ1n) is 5.93. The number of hydrogen-bond acceptors (Lipinski definition) is 1. The molecule has 0 unspecified atom stereocenters. The van der Waals surface area contributed by atoms with Crippen molar-refractivity contribution < 1.29 is 0 Å². The summed E-state index contributed by atoms with van der Waals surface area (Å²) in [5.74, 6) is 0. The summed E-state index contributed by atoms with van der Waals surface area (Å²) in [6, 6.07) is 13.9. The zero-order valence-corrected chi connectivity index (χ0v) is 12.1. The van der Waals surface area contributed by atoms with Crippen molar-refractivity contribution in [2.75, 3.05) is 0 Å². The fourth-order valence-electron chi connectivity index (χ4n) is 2.44. The van der Waals surface area contributed by atoms with Gasteiger partial charge in [-0.1, -0.05) is 12.1 Å². The lowest BCUT2D eigenvalue weighted by Gasteiger charge is -2.13. The summed E-state index contributed by atoms with van der Waals surface area (Å²) >= 11 is 2.24. The maximum absolute atomic E-state index is 12.5. The fourth-order valence-corrected chi connectivity index (χ4v) is 2.93. The van der Waals surface area contributed by atoms with Crippen LogP contribution in [0.25, 0.3) is 21.8 Å². The second kappa shape index (κ2) is 4.39. The Labute approximate surface area is 118 Å². The van der Waals surface area contributed by atoms with Crippen molar-refractivity contribution in [1.82, 2.24) is 4.57 Å². The summed E-state index contributed by atoms with van der Waals surface area (Å²) in [4.78, 5) is 12.5. The van der Waals surface area contributed by atoms with E-state index in [0.29, 0.717) is 0 Å². The normalized spacial score (nSPS) is 11.2. The molecule has 2 nitrogen and oxygen atoms in total. The highest BCUT2D eigenvalue weighted by Gasteiger charge is 2.09. The summed E-state index contributed by atoms with van der Waals surface area (Å²) in [7, 11) is 0. The van der Waals surface area contributed by atoms with Crippen LogP contribution in [-0.4, -0.2) is 4.57 Å². The summed E-state index contributed by atoms with van der Waals surface area (Å²) in [6.07, 6.45) is 0. The Bertz CT molecular complexity index is 805. The van der Waals surface area contributed by atoms with Crippen LogP contribution >= 0.6 is 22.6 Å². The summed E-state index contributed by atoms with van der Waals surface area (Å²) in [5, 5.41) is 1.61. The zero-order chi connectivity index (χ0) is 12.7. The number of rotatable bonds is 1. The molecule has 0 saturated carbocycles. The molecule has 0 aliphatic heterocycles. The van der Waals surface area contributed by atoms with Gasteiger partial charge in [0, 0.05) is 20.9 Å². The van der Waals surface area contributed by atoms with E-state index in [4.69, 9.17) is 0 Å². The van der Waals surface area contributed by atoms with Crippen molar-refractivity contribution >= 4 is 44.4 Å². The third-order valence-electron chi connectivity index (χ3n) is 3.25. The number of hydrogen-bond donors (Lipinski definition) is 0. The first-order chi connectivity index (χ1) is 8.72. The minimum Gasteiger partial charge on any atom is -0.341 e. The fraction of sp³-hybridized carbons (Fsp3) is 0.133. The molecule has 0 bridgehead atoms. The first kappa shape index (κ1) is 11.7. The van der Waals surface area contributed by atoms with Gasteiger partial charge in [-0.15, -0.1) is 0 Å². The van der Waals surface area contributed by atoms with Crippen LogP contribution in [0, 0.1) is 3.57 Å². The van der Waals surface area contributed by atoms with Crippen molar-refractivity contribution in [1.29, 1.82) is 0 Å². The monoisotopic (exact) mass is 349 g/mol. The molecule has 0 spiro atoms. The number of fused-ring (bicyclic) bond motifs is 2. The molecule has 1 aromatic heterocycles. The van der Waals surface area contributed by atoms with Crippen LogP contribution in [0.4, 0.5) is 0 Å². The molecule has 0 amide bonds. The molecule has 0 N–H and O–H groups in total. The third kappa shape index (κ3) is 1.65. The number of halogens is 1. The maximum Gasteiger partial charge on any atom is 0.197 e. The van der Waals surface area contributed by atoms with Gasteiger partial charge < -0.3 is 4.57 Å². The lowest BCUT2D eigenvalue weighted by molar-refractivity contribution is 0.821. The molecule has 0 fully saturated rings. The third-order valence-corrected chi connectivity index (χ3v) is 3.92. The second-order valence-corrected chi connectivity index (χ2v) is 5.50. The van der Waals surface area contributed by atoms with E-state index in [1.807, 2.05) is 42.5 Å². The summed E-state index contributed by atoms with van der Waals surface area (Å²) in [6.45, 7) is 2.96.